The first-order chi connectivity index (χ1) is 12.5. The Hall–Kier alpha value is -2.89. The highest BCUT2D eigenvalue weighted by Crippen LogP contribution is 2.23. The van der Waals surface area contributed by atoms with E-state index in [9.17, 15) is 14.0 Å². The summed E-state index contributed by atoms with van der Waals surface area (Å²) >= 11 is 0. The van der Waals surface area contributed by atoms with Gasteiger partial charge in [-0.05, 0) is 30.2 Å². The Balaban J connectivity index is 1.88. The number of halogens is 1. The van der Waals surface area contributed by atoms with Gasteiger partial charge in [-0.25, -0.2) is 4.39 Å². The molecule has 0 fully saturated rings. The summed E-state index contributed by atoms with van der Waals surface area (Å²) in [5, 5.41) is 2.78. The molecule has 0 atom stereocenters. The lowest BCUT2D eigenvalue weighted by Gasteiger charge is -2.21. The van der Waals surface area contributed by atoms with Crippen LogP contribution in [0.2, 0.25) is 0 Å². The summed E-state index contributed by atoms with van der Waals surface area (Å²) in [6, 6.07) is 13.6. The van der Waals surface area contributed by atoms with Gasteiger partial charge < -0.3 is 15.0 Å². The molecule has 2 aromatic rings. The number of methoxy groups -OCH3 is 1. The van der Waals surface area contributed by atoms with Gasteiger partial charge in [0, 0.05) is 26.4 Å². The number of carbonyl (C=O) groups excluding carboxylic acids is 2. The van der Waals surface area contributed by atoms with Crippen LogP contribution >= 0.6 is 0 Å². The average molecular weight is 358 g/mol. The first-order valence-corrected chi connectivity index (χ1v) is 8.43. The van der Waals surface area contributed by atoms with Crippen LogP contribution in [0.3, 0.4) is 0 Å². The summed E-state index contributed by atoms with van der Waals surface area (Å²) in [4.78, 5) is 25.5. The second-order valence-corrected chi connectivity index (χ2v) is 5.85. The molecule has 0 radical (unpaired) electrons. The van der Waals surface area contributed by atoms with E-state index >= 15 is 0 Å². The molecule has 138 valence electrons. The third kappa shape index (κ3) is 5.58. The SMILES string of the molecule is COc1ccccc1NC(=O)CCN(CCc1ccccc1F)C(C)=O. The monoisotopic (exact) mass is 358 g/mol. The minimum atomic E-state index is -0.287. The molecule has 0 saturated carbocycles. The van der Waals surface area contributed by atoms with E-state index in [0.717, 1.165) is 0 Å². The second-order valence-electron chi connectivity index (χ2n) is 5.85. The van der Waals surface area contributed by atoms with Crippen molar-refractivity contribution in [1.82, 2.24) is 4.90 Å². The molecule has 6 heteroatoms. The Labute approximate surface area is 152 Å². The molecular weight excluding hydrogens is 335 g/mol. The number of benzene rings is 2. The van der Waals surface area contributed by atoms with Crippen molar-refractivity contribution < 1.29 is 18.7 Å². The molecule has 0 bridgehead atoms. The molecule has 0 aliphatic carbocycles. The smallest absolute Gasteiger partial charge is 0.226 e. The van der Waals surface area contributed by atoms with Crippen molar-refractivity contribution in [2.45, 2.75) is 19.8 Å². The lowest BCUT2D eigenvalue weighted by Crippen LogP contribution is -2.33. The molecule has 0 spiro atoms. The van der Waals surface area contributed by atoms with Crippen molar-refractivity contribution >= 4 is 17.5 Å². The standard InChI is InChI=1S/C20H23FN2O3/c1-15(24)23(13-11-16-7-3-4-8-17(16)21)14-12-20(25)22-18-9-5-6-10-19(18)26-2/h3-10H,11-14H2,1-2H3,(H,22,25). The van der Waals surface area contributed by atoms with Crippen molar-refractivity contribution in [3.05, 3.63) is 59.9 Å². The van der Waals surface area contributed by atoms with Crippen LogP contribution in [-0.2, 0) is 16.0 Å². The molecule has 0 aliphatic rings. The van der Waals surface area contributed by atoms with Crippen molar-refractivity contribution in [3.8, 4) is 5.75 Å². The largest absolute Gasteiger partial charge is 0.495 e. The zero-order chi connectivity index (χ0) is 18.9. The van der Waals surface area contributed by atoms with E-state index in [0.29, 0.717) is 30.0 Å². The Morgan fingerprint density at radius 3 is 2.46 bits per heavy atom. The lowest BCUT2D eigenvalue weighted by molar-refractivity contribution is -0.129. The fourth-order valence-corrected chi connectivity index (χ4v) is 2.58. The molecule has 1 N–H and O–H groups in total. The van der Waals surface area contributed by atoms with Crippen LogP contribution in [0, 0.1) is 5.82 Å². The number of ether oxygens (including phenoxy) is 1. The van der Waals surface area contributed by atoms with Crippen molar-refractivity contribution in [2.24, 2.45) is 0 Å². The topological polar surface area (TPSA) is 58.6 Å². The van der Waals surface area contributed by atoms with Crippen LogP contribution in [0.15, 0.2) is 48.5 Å². The van der Waals surface area contributed by atoms with Gasteiger partial charge >= 0.3 is 0 Å². The van der Waals surface area contributed by atoms with Gasteiger partial charge in [0.25, 0.3) is 0 Å². The third-order valence-corrected chi connectivity index (χ3v) is 4.04. The van der Waals surface area contributed by atoms with Crippen LogP contribution in [0.5, 0.6) is 5.75 Å². The maximum Gasteiger partial charge on any atom is 0.226 e. The van der Waals surface area contributed by atoms with Gasteiger partial charge in [-0.15, -0.1) is 0 Å². The molecule has 26 heavy (non-hydrogen) atoms. The molecule has 2 aromatic carbocycles. The van der Waals surface area contributed by atoms with E-state index in [1.54, 1.807) is 41.3 Å². The average Bonchev–Trinajstić information content (AvgIpc) is 2.63. The fraction of sp³-hybridized carbons (Fsp3) is 0.300. The minimum Gasteiger partial charge on any atom is -0.495 e. The van der Waals surface area contributed by atoms with Gasteiger partial charge in [-0.3, -0.25) is 9.59 Å². The van der Waals surface area contributed by atoms with E-state index in [1.165, 1.54) is 20.1 Å². The zero-order valence-electron chi connectivity index (χ0n) is 15.0. The number of hydrogen-bond donors (Lipinski definition) is 1. The normalized spacial score (nSPS) is 10.3. The number of nitrogens with one attached hydrogen (secondary N) is 1. The van der Waals surface area contributed by atoms with E-state index in [1.807, 2.05) is 6.07 Å². The van der Waals surface area contributed by atoms with Crippen LogP contribution in [0.25, 0.3) is 0 Å². The summed E-state index contributed by atoms with van der Waals surface area (Å²) < 4.78 is 18.9. The first kappa shape index (κ1) is 19.4. The molecule has 0 unspecified atom stereocenters. The van der Waals surface area contributed by atoms with Crippen molar-refractivity contribution in [1.29, 1.82) is 0 Å². The minimum absolute atomic E-state index is 0.147. The number of para-hydroxylation sites is 2. The molecule has 0 aliphatic heterocycles. The summed E-state index contributed by atoms with van der Waals surface area (Å²) in [7, 11) is 1.53. The maximum atomic E-state index is 13.7. The molecule has 0 aromatic heterocycles. The maximum absolute atomic E-state index is 13.7. The van der Waals surface area contributed by atoms with E-state index in [2.05, 4.69) is 5.32 Å². The predicted octanol–water partition coefficient (Wildman–Crippen LogP) is 3.25. The summed E-state index contributed by atoms with van der Waals surface area (Å²) in [5.74, 6) is -0.0770. The summed E-state index contributed by atoms with van der Waals surface area (Å²) in [6.45, 7) is 2.07. The molecule has 5 nitrogen and oxygen atoms in total. The highest BCUT2D eigenvalue weighted by atomic mass is 19.1. The molecule has 2 rings (SSSR count). The number of anilines is 1. The van der Waals surface area contributed by atoms with Gasteiger partial charge in [0.2, 0.25) is 11.8 Å². The molecule has 2 amide bonds. The van der Waals surface area contributed by atoms with Gasteiger partial charge in [0.05, 0.1) is 12.8 Å². The molecule has 0 saturated heterocycles. The van der Waals surface area contributed by atoms with Crippen LogP contribution < -0.4 is 10.1 Å². The van der Waals surface area contributed by atoms with Gasteiger partial charge in [-0.1, -0.05) is 30.3 Å². The highest BCUT2D eigenvalue weighted by molar-refractivity contribution is 5.92. The molecule has 0 heterocycles. The van der Waals surface area contributed by atoms with Crippen molar-refractivity contribution in [2.75, 3.05) is 25.5 Å². The fourth-order valence-electron chi connectivity index (χ4n) is 2.58. The van der Waals surface area contributed by atoms with E-state index in [-0.39, 0.29) is 30.6 Å². The van der Waals surface area contributed by atoms with Crippen LogP contribution in [0.4, 0.5) is 10.1 Å². The Bertz CT molecular complexity index is 764. The third-order valence-electron chi connectivity index (χ3n) is 4.04. The van der Waals surface area contributed by atoms with Crippen LogP contribution in [-0.4, -0.2) is 36.9 Å². The van der Waals surface area contributed by atoms with Gasteiger partial charge in [0.15, 0.2) is 0 Å². The van der Waals surface area contributed by atoms with E-state index in [4.69, 9.17) is 4.74 Å². The van der Waals surface area contributed by atoms with Gasteiger partial charge in [-0.2, -0.15) is 0 Å². The van der Waals surface area contributed by atoms with E-state index < -0.39 is 0 Å². The first-order valence-electron chi connectivity index (χ1n) is 8.43. The Kier molecular flexibility index (Phi) is 7.14. The Morgan fingerprint density at radius 1 is 1.08 bits per heavy atom. The Morgan fingerprint density at radius 2 is 1.77 bits per heavy atom. The van der Waals surface area contributed by atoms with Crippen LogP contribution in [0.1, 0.15) is 18.9 Å². The lowest BCUT2D eigenvalue weighted by atomic mass is 10.1. The zero-order valence-corrected chi connectivity index (χ0v) is 15.0. The summed E-state index contributed by atoms with van der Waals surface area (Å²) in [6.07, 6.45) is 0.551. The summed E-state index contributed by atoms with van der Waals surface area (Å²) in [5.41, 5.74) is 1.14. The number of amides is 2. The predicted molar refractivity (Wildman–Crippen MR) is 98.6 cm³/mol. The number of carbonyl (C=O) groups is 2. The molecular formula is C20H23FN2O3. The number of nitrogens with zero attached hydrogens (tertiary/aromatic N) is 1. The quantitative estimate of drug-likeness (QED) is 0.788. The highest BCUT2D eigenvalue weighted by Gasteiger charge is 2.13. The second kappa shape index (κ2) is 9.56. The number of rotatable bonds is 8. The van der Waals surface area contributed by atoms with Crippen molar-refractivity contribution in [3.63, 3.8) is 0 Å². The van der Waals surface area contributed by atoms with Gasteiger partial charge in [0.1, 0.15) is 11.6 Å². The number of hydrogen-bond acceptors (Lipinski definition) is 3.